The third-order valence-corrected chi connectivity index (χ3v) is 7.59. The Balaban J connectivity index is 1.42. The van der Waals surface area contributed by atoms with Gasteiger partial charge in [0.05, 0.1) is 18.7 Å². The monoisotopic (exact) mass is 556 g/mol. The minimum absolute atomic E-state index is 0.191. The average molecular weight is 557 g/mol. The zero-order valence-corrected chi connectivity index (χ0v) is 23.9. The molecule has 0 fully saturated rings. The predicted octanol–water partition coefficient (Wildman–Crippen LogP) is 4.52. The third-order valence-electron chi connectivity index (χ3n) is 6.64. The van der Waals surface area contributed by atoms with Gasteiger partial charge in [-0.25, -0.2) is 4.98 Å². The Labute approximate surface area is 239 Å². The molecule has 0 unspecified atom stereocenters. The highest BCUT2D eigenvalue weighted by Crippen LogP contribution is 2.15. The van der Waals surface area contributed by atoms with Crippen molar-refractivity contribution >= 4 is 23.2 Å². The number of benzene rings is 3. The van der Waals surface area contributed by atoms with E-state index in [-0.39, 0.29) is 11.8 Å². The number of thiazole rings is 1. The van der Waals surface area contributed by atoms with Gasteiger partial charge in [-0.2, -0.15) is 0 Å². The summed E-state index contributed by atoms with van der Waals surface area (Å²) in [6, 6.07) is 24.2. The molecular weight excluding hydrogens is 520 g/mol. The molecule has 8 heteroatoms. The van der Waals surface area contributed by atoms with Crippen molar-refractivity contribution in [2.75, 3.05) is 13.6 Å². The van der Waals surface area contributed by atoms with Crippen LogP contribution >= 0.6 is 11.3 Å². The number of rotatable bonds is 12. The van der Waals surface area contributed by atoms with Crippen molar-refractivity contribution in [2.45, 2.75) is 45.5 Å². The maximum absolute atomic E-state index is 13.3. The van der Waals surface area contributed by atoms with E-state index in [0.717, 1.165) is 21.8 Å². The van der Waals surface area contributed by atoms with Gasteiger partial charge in [-0.05, 0) is 49.6 Å². The quantitative estimate of drug-likeness (QED) is 0.239. The molecule has 2 amide bonds. The lowest BCUT2D eigenvalue weighted by molar-refractivity contribution is 0.0784. The summed E-state index contributed by atoms with van der Waals surface area (Å²) in [6.07, 6.45) is -0.360. The Morgan fingerprint density at radius 2 is 1.68 bits per heavy atom. The first-order valence-electron chi connectivity index (χ1n) is 13.3. The molecule has 1 heterocycles. The first kappa shape index (κ1) is 29.1. The van der Waals surface area contributed by atoms with Crippen LogP contribution in [0.15, 0.2) is 84.2 Å². The van der Waals surface area contributed by atoms with Crippen LogP contribution in [-0.4, -0.2) is 52.5 Å². The molecule has 0 saturated heterocycles. The van der Waals surface area contributed by atoms with Gasteiger partial charge in [-0.1, -0.05) is 66.2 Å². The average Bonchev–Trinajstić information content (AvgIpc) is 3.37. The number of carbonyl (C=O) groups excluding carboxylic acids is 2. The molecule has 4 rings (SSSR count). The maximum atomic E-state index is 13.3. The van der Waals surface area contributed by atoms with Gasteiger partial charge in [0.2, 0.25) is 0 Å². The molecule has 7 nitrogen and oxygen atoms in total. The second kappa shape index (κ2) is 14.0. The number of carbonyl (C=O) groups is 2. The van der Waals surface area contributed by atoms with E-state index in [0.29, 0.717) is 37.2 Å². The van der Waals surface area contributed by atoms with Crippen molar-refractivity contribution in [3.8, 4) is 0 Å². The largest absolute Gasteiger partial charge is 0.390 e. The lowest BCUT2D eigenvalue weighted by atomic mass is 10.00. The van der Waals surface area contributed by atoms with E-state index in [4.69, 9.17) is 0 Å². The summed E-state index contributed by atoms with van der Waals surface area (Å²) in [6.45, 7) is 5.29. The van der Waals surface area contributed by atoms with Crippen LogP contribution in [0.1, 0.15) is 48.1 Å². The van der Waals surface area contributed by atoms with Crippen LogP contribution in [0.25, 0.3) is 0 Å². The lowest BCUT2D eigenvalue weighted by Gasteiger charge is -2.25. The van der Waals surface area contributed by atoms with Gasteiger partial charge in [0.1, 0.15) is 5.01 Å². The lowest BCUT2D eigenvalue weighted by Crippen LogP contribution is -2.48. The van der Waals surface area contributed by atoms with Gasteiger partial charge >= 0.3 is 0 Å². The van der Waals surface area contributed by atoms with Crippen LogP contribution in [0.3, 0.4) is 0 Å². The van der Waals surface area contributed by atoms with Gasteiger partial charge in [-0.3, -0.25) is 9.59 Å². The molecule has 0 aliphatic rings. The number of nitrogens with zero attached hydrogens (tertiary/aromatic N) is 2. The second-order valence-electron chi connectivity index (χ2n) is 10.1. The molecule has 3 N–H and O–H groups in total. The highest BCUT2D eigenvalue weighted by atomic mass is 32.1. The first-order valence-corrected chi connectivity index (χ1v) is 14.2. The number of aryl methyl sites for hydroxylation is 2. The van der Waals surface area contributed by atoms with E-state index >= 15 is 0 Å². The van der Waals surface area contributed by atoms with Gasteiger partial charge in [0.15, 0.2) is 0 Å². The standard InChI is InChI=1S/C32H36N4O3S/c1-22-12-14-25(15-13-22)18-33-19-29(37)28(16-24-8-5-4-6-9-24)35-31(38)26-10-7-11-27(17-26)32(39)36(3)20-30-34-23(2)21-40-30/h4-15,17,21,28-29,33,37H,16,18-20H2,1-3H3,(H,35,38)/t28-,29+/m0/s1. The Bertz CT molecular complexity index is 1410. The summed E-state index contributed by atoms with van der Waals surface area (Å²) >= 11 is 1.52. The summed E-state index contributed by atoms with van der Waals surface area (Å²) in [5.41, 5.74) is 5.04. The van der Waals surface area contributed by atoms with Gasteiger partial charge in [0.25, 0.3) is 11.8 Å². The summed E-state index contributed by atoms with van der Waals surface area (Å²) in [4.78, 5) is 32.4. The molecule has 1 aromatic heterocycles. The maximum Gasteiger partial charge on any atom is 0.253 e. The molecule has 0 spiro atoms. The molecule has 0 aliphatic heterocycles. The summed E-state index contributed by atoms with van der Waals surface area (Å²) in [5.74, 6) is -0.532. The number of aliphatic hydroxyl groups excluding tert-OH is 1. The van der Waals surface area contributed by atoms with E-state index in [2.05, 4.69) is 39.9 Å². The van der Waals surface area contributed by atoms with Crippen molar-refractivity contribution in [3.63, 3.8) is 0 Å². The summed E-state index contributed by atoms with van der Waals surface area (Å²) in [5, 5.41) is 20.2. The van der Waals surface area contributed by atoms with Crippen molar-refractivity contribution in [1.29, 1.82) is 0 Å². The van der Waals surface area contributed by atoms with E-state index in [1.807, 2.05) is 49.6 Å². The minimum Gasteiger partial charge on any atom is -0.390 e. The fraction of sp³-hybridized carbons (Fsp3) is 0.281. The zero-order chi connectivity index (χ0) is 28.5. The number of nitrogens with one attached hydrogen (secondary N) is 2. The highest BCUT2D eigenvalue weighted by molar-refractivity contribution is 7.09. The molecule has 2 atom stereocenters. The number of aromatic nitrogens is 1. The van der Waals surface area contributed by atoms with Crippen LogP contribution < -0.4 is 10.6 Å². The molecular formula is C32H36N4O3S. The predicted molar refractivity (Wildman–Crippen MR) is 159 cm³/mol. The molecule has 4 aromatic rings. The van der Waals surface area contributed by atoms with Crippen LogP contribution in [0.4, 0.5) is 0 Å². The normalized spacial score (nSPS) is 12.5. The van der Waals surface area contributed by atoms with Gasteiger partial charge in [-0.15, -0.1) is 11.3 Å². The van der Waals surface area contributed by atoms with E-state index < -0.39 is 12.1 Å². The molecule has 3 aromatic carbocycles. The third kappa shape index (κ3) is 8.32. The molecule has 0 bridgehead atoms. The van der Waals surface area contributed by atoms with Crippen LogP contribution in [-0.2, 0) is 19.5 Å². The Kier molecular flexibility index (Phi) is 10.2. The van der Waals surface area contributed by atoms with E-state index in [1.165, 1.54) is 16.9 Å². The zero-order valence-electron chi connectivity index (χ0n) is 23.1. The summed E-state index contributed by atoms with van der Waals surface area (Å²) < 4.78 is 0. The molecule has 40 heavy (non-hydrogen) atoms. The number of amides is 2. The fourth-order valence-corrected chi connectivity index (χ4v) is 5.20. The highest BCUT2D eigenvalue weighted by Gasteiger charge is 2.23. The van der Waals surface area contributed by atoms with Crippen molar-refractivity contribution < 1.29 is 14.7 Å². The molecule has 208 valence electrons. The molecule has 0 radical (unpaired) electrons. The Morgan fingerprint density at radius 1 is 0.950 bits per heavy atom. The molecule has 0 aliphatic carbocycles. The first-order chi connectivity index (χ1) is 19.3. The fourth-order valence-electron chi connectivity index (χ4n) is 4.38. The Hall–Kier alpha value is -3.85. The number of hydrogen-bond donors (Lipinski definition) is 3. The van der Waals surface area contributed by atoms with E-state index in [9.17, 15) is 14.7 Å². The topological polar surface area (TPSA) is 94.6 Å². The van der Waals surface area contributed by atoms with Crippen molar-refractivity contribution in [2.24, 2.45) is 0 Å². The van der Waals surface area contributed by atoms with Crippen molar-refractivity contribution in [1.82, 2.24) is 20.5 Å². The van der Waals surface area contributed by atoms with Crippen LogP contribution in [0.5, 0.6) is 0 Å². The van der Waals surface area contributed by atoms with Crippen molar-refractivity contribution in [3.05, 3.63) is 123 Å². The summed E-state index contributed by atoms with van der Waals surface area (Å²) in [7, 11) is 1.72. The van der Waals surface area contributed by atoms with Gasteiger partial charge in [0, 0.05) is 42.3 Å². The number of aliphatic hydroxyl groups is 1. The second-order valence-corrected chi connectivity index (χ2v) is 11.0. The van der Waals surface area contributed by atoms with Gasteiger partial charge < -0.3 is 20.6 Å². The SMILES string of the molecule is Cc1ccc(CNC[C@@H](O)[C@H](Cc2ccccc2)NC(=O)c2cccc(C(=O)N(C)Cc3nc(C)cs3)c2)cc1. The molecule has 0 saturated carbocycles. The van der Waals surface area contributed by atoms with E-state index in [1.54, 1.807) is 36.2 Å². The van der Waals surface area contributed by atoms with Crippen LogP contribution in [0.2, 0.25) is 0 Å². The number of hydrogen-bond acceptors (Lipinski definition) is 6. The smallest absolute Gasteiger partial charge is 0.253 e. The minimum atomic E-state index is -0.827. The Morgan fingerprint density at radius 3 is 2.38 bits per heavy atom. The van der Waals surface area contributed by atoms with Crippen LogP contribution in [0, 0.1) is 13.8 Å².